The van der Waals surface area contributed by atoms with E-state index in [2.05, 4.69) is 46.5 Å². The molecular weight excluding hydrogens is 422 g/mol. The van der Waals surface area contributed by atoms with Crippen molar-refractivity contribution in [3.8, 4) is 0 Å². The molecule has 0 fully saturated rings. The van der Waals surface area contributed by atoms with E-state index in [-0.39, 0.29) is 11.1 Å². The highest BCUT2D eigenvalue weighted by atomic mass is 32.2. The highest BCUT2D eigenvalue weighted by Gasteiger charge is 2.37. The Balaban J connectivity index is 2.14. The zero-order valence-electron chi connectivity index (χ0n) is 20.0. The molecule has 1 aromatic carbocycles. The minimum atomic E-state index is -3.55. The van der Waals surface area contributed by atoms with Crippen molar-refractivity contribution in [1.29, 1.82) is 0 Å². The van der Waals surface area contributed by atoms with Crippen molar-refractivity contribution < 1.29 is 12.8 Å². The first-order valence-electron chi connectivity index (χ1n) is 11.1. The minimum absolute atomic E-state index is 0.132. The molecule has 0 amide bonds. The van der Waals surface area contributed by atoms with Crippen molar-refractivity contribution in [3.05, 3.63) is 66.3 Å². The van der Waals surface area contributed by atoms with Gasteiger partial charge in [-0.1, -0.05) is 62.8 Å². The highest BCUT2D eigenvalue weighted by molar-refractivity contribution is 7.89. The van der Waals surface area contributed by atoms with Gasteiger partial charge in [-0.2, -0.15) is 4.31 Å². The van der Waals surface area contributed by atoms with Gasteiger partial charge in [0.2, 0.25) is 10.0 Å². The van der Waals surface area contributed by atoms with Crippen LogP contribution in [0.25, 0.3) is 0 Å². The molecule has 1 aliphatic rings. The predicted octanol–water partition coefficient (Wildman–Crippen LogP) is 6.23. The SMILES string of the molecule is C=CCCCC1C=C(/C=C\CO[Si](C)(C)C(C)(C)C)CN1S(=O)(=O)c1ccc(C)cc1. The Kier molecular flexibility index (Phi) is 8.67. The van der Waals surface area contributed by atoms with Gasteiger partial charge in [0.1, 0.15) is 0 Å². The third kappa shape index (κ3) is 6.75. The quantitative estimate of drug-likeness (QED) is 0.236. The van der Waals surface area contributed by atoms with Gasteiger partial charge >= 0.3 is 0 Å². The topological polar surface area (TPSA) is 46.6 Å². The molecule has 0 N–H and O–H groups in total. The van der Waals surface area contributed by atoms with Crippen LogP contribution in [0, 0.1) is 6.92 Å². The first kappa shape index (κ1) is 25.8. The zero-order valence-corrected chi connectivity index (χ0v) is 21.8. The van der Waals surface area contributed by atoms with Gasteiger partial charge in [-0.25, -0.2) is 8.42 Å². The second-order valence-electron chi connectivity index (χ2n) is 9.87. The largest absolute Gasteiger partial charge is 0.413 e. The molecule has 1 aromatic rings. The number of allylic oxidation sites excluding steroid dienone is 1. The maximum absolute atomic E-state index is 13.3. The lowest BCUT2D eigenvalue weighted by atomic mass is 10.1. The van der Waals surface area contributed by atoms with E-state index in [4.69, 9.17) is 4.43 Å². The Bertz CT molecular complexity index is 909. The van der Waals surface area contributed by atoms with Gasteiger partial charge in [0, 0.05) is 12.6 Å². The molecule has 0 saturated carbocycles. The Morgan fingerprint density at radius 3 is 2.45 bits per heavy atom. The van der Waals surface area contributed by atoms with Crippen LogP contribution in [0.15, 0.2) is 65.6 Å². The molecule has 172 valence electrons. The van der Waals surface area contributed by atoms with E-state index in [1.807, 2.05) is 37.3 Å². The lowest BCUT2D eigenvalue weighted by Crippen LogP contribution is -2.40. The van der Waals surface area contributed by atoms with Crippen LogP contribution in [0.1, 0.15) is 45.6 Å². The second-order valence-corrected chi connectivity index (χ2v) is 16.6. The lowest BCUT2D eigenvalue weighted by Gasteiger charge is -2.35. The van der Waals surface area contributed by atoms with Gasteiger partial charge in [0.05, 0.1) is 11.5 Å². The van der Waals surface area contributed by atoms with Crippen molar-refractivity contribution in [1.82, 2.24) is 4.31 Å². The van der Waals surface area contributed by atoms with Crippen LogP contribution in [0.5, 0.6) is 0 Å². The molecular formula is C25H39NO3SSi. The van der Waals surface area contributed by atoms with Crippen molar-refractivity contribution in [2.45, 2.75) is 76.0 Å². The summed E-state index contributed by atoms with van der Waals surface area (Å²) in [7, 11) is -5.35. The van der Waals surface area contributed by atoms with Crippen LogP contribution in [-0.2, 0) is 14.4 Å². The average molecular weight is 462 g/mol. The van der Waals surface area contributed by atoms with Gasteiger partial charge < -0.3 is 4.43 Å². The molecule has 31 heavy (non-hydrogen) atoms. The maximum Gasteiger partial charge on any atom is 0.243 e. The Labute approximate surface area is 190 Å². The fourth-order valence-corrected chi connectivity index (χ4v) is 5.81. The molecule has 1 heterocycles. The number of rotatable bonds is 10. The molecule has 0 saturated heterocycles. The van der Waals surface area contributed by atoms with Crippen LogP contribution >= 0.6 is 0 Å². The summed E-state index contributed by atoms with van der Waals surface area (Å²) >= 11 is 0. The fraction of sp³-hybridized carbons (Fsp3) is 0.520. The van der Waals surface area contributed by atoms with Crippen molar-refractivity contribution >= 4 is 18.3 Å². The van der Waals surface area contributed by atoms with Crippen molar-refractivity contribution in [3.63, 3.8) is 0 Å². The van der Waals surface area contributed by atoms with Gasteiger partial charge in [-0.05, 0) is 62.0 Å². The summed E-state index contributed by atoms with van der Waals surface area (Å²) in [4.78, 5) is 0.353. The maximum atomic E-state index is 13.3. The number of unbranched alkanes of at least 4 members (excludes halogenated alkanes) is 1. The number of aryl methyl sites for hydroxylation is 1. The van der Waals surface area contributed by atoms with Crippen LogP contribution < -0.4 is 0 Å². The minimum Gasteiger partial charge on any atom is -0.413 e. The van der Waals surface area contributed by atoms with Crippen LogP contribution in [0.3, 0.4) is 0 Å². The summed E-state index contributed by atoms with van der Waals surface area (Å²) < 4.78 is 34.5. The molecule has 0 aliphatic carbocycles. The van der Waals surface area contributed by atoms with E-state index in [1.54, 1.807) is 16.4 Å². The smallest absolute Gasteiger partial charge is 0.243 e. The van der Waals surface area contributed by atoms with Gasteiger partial charge in [0.25, 0.3) is 0 Å². The first-order chi connectivity index (χ1) is 14.4. The normalized spacial score (nSPS) is 18.5. The summed E-state index contributed by atoms with van der Waals surface area (Å²) in [5.41, 5.74) is 2.07. The van der Waals surface area contributed by atoms with Crippen LogP contribution in [-0.4, -0.2) is 40.2 Å². The van der Waals surface area contributed by atoms with E-state index in [1.165, 1.54) is 0 Å². The summed E-state index contributed by atoms with van der Waals surface area (Å²) in [6, 6.07) is 6.97. The van der Waals surface area contributed by atoms with Crippen molar-refractivity contribution in [2.75, 3.05) is 13.2 Å². The van der Waals surface area contributed by atoms with Crippen LogP contribution in [0.2, 0.25) is 18.1 Å². The summed E-state index contributed by atoms with van der Waals surface area (Å²) in [5, 5.41) is 0.169. The standard InChI is InChI=1S/C25H39NO3SSi/c1-8-9-10-13-23-19-22(12-11-18-29-31(6,7)25(3,4)5)20-26(23)30(27,28)24-16-14-21(2)15-17-24/h8,11-12,14-17,19,23H,1,9-10,13,18,20H2,2-7H3/b12-11-. The molecule has 4 nitrogen and oxygen atoms in total. The second kappa shape index (κ2) is 10.4. The monoisotopic (exact) mass is 461 g/mol. The third-order valence-corrected chi connectivity index (χ3v) is 12.7. The molecule has 1 unspecified atom stereocenters. The van der Waals surface area contributed by atoms with E-state index in [0.717, 1.165) is 30.4 Å². The molecule has 1 atom stereocenters. The summed E-state index contributed by atoms with van der Waals surface area (Å²) in [6.45, 7) is 17.8. The molecule has 0 spiro atoms. The van der Waals surface area contributed by atoms with E-state index in [0.29, 0.717) is 18.0 Å². The molecule has 6 heteroatoms. The van der Waals surface area contributed by atoms with Gasteiger partial charge in [-0.3, -0.25) is 0 Å². The number of benzene rings is 1. The summed E-state index contributed by atoms with van der Waals surface area (Å²) in [6.07, 6.45) is 10.6. The van der Waals surface area contributed by atoms with Crippen LogP contribution in [0.4, 0.5) is 0 Å². The van der Waals surface area contributed by atoms with Gasteiger partial charge in [0.15, 0.2) is 8.32 Å². The first-order valence-corrected chi connectivity index (χ1v) is 15.4. The Morgan fingerprint density at radius 2 is 1.87 bits per heavy atom. The van der Waals surface area contributed by atoms with E-state index >= 15 is 0 Å². The average Bonchev–Trinajstić information content (AvgIpc) is 3.09. The van der Waals surface area contributed by atoms with E-state index in [9.17, 15) is 8.42 Å². The number of sulfonamides is 1. The highest BCUT2D eigenvalue weighted by Crippen LogP contribution is 2.36. The Hall–Kier alpha value is -1.47. The number of nitrogens with zero attached hydrogens (tertiary/aromatic N) is 1. The van der Waals surface area contributed by atoms with Gasteiger partial charge in [-0.15, -0.1) is 6.58 Å². The molecule has 0 radical (unpaired) electrons. The molecule has 2 rings (SSSR count). The van der Waals surface area contributed by atoms with E-state index < -0.39 is 18.3 Å². The fourth-order valence-electron chi connectivity index (χ4n) is 3.27. The number of hydrogen-bond acceptors (Lipinski definition) is 3. The summed E-state index contributed by atoms with van der Waals surface area (Å²) in [5.74, 6) is 0. The molecule has 0 aromatic heterocycles. The molecule has 1 aliphatic heterocycles. The van der Waals surface area contributed by atoms with Crippen molar-refractivity contribution in [2.24, 2.45) is 0 Å². The predicted molar refractivity (Wildman–Crippen MR) is 133 cm³/mol. The Morgan fingerprint density at radius 1 is 1.23 bits per heavy atom. The third-order valence-electron chi connectivity index (χ3n) is 6.33. The molecule has 0 bridgehead atoms. The lowest BCUT2D eigenvalue weighted by molar-refractivity contribution is 0.328. The number of hydrogen-bond donors (Lipinski definition) is 0. The zero-order chi connectivity index (χ0) is 23.3.